The Hall–Kier alpha value is -2.24. The first kappa shape index (κ1) is 17.6. The SMILES string of the molecule is O=C(COc1ccc(CO)cc1)N1CCC(Nc2ccccc2Cl)C1. The largest absolute Gasteiger partial charge is 0.484 e. The molecule has 0 spiro atoms. The minimum atomic E-state index is -0.0327. The number of benzene rings is 2. The maximum absolute atomic E-state index is 12.3. The molecule has 6 heteroatoms. The Balaban J connectivity index is 1.48. The Bertz CT molecular complexity index is 721. The van der Waals surface area contributed by atoms with Crippen molar-refractivity contribution in [3.05, 3.63) is 59.1 Å². The van der Waals surface area contributed by atoms with Gasteiger partial charge in [-0.3, -0.25) is 4.79 Å². The number of nitrogens with one attached hydrogen (secondary N) is 1. The average Bonchev–Trinajstić information content (AvgIpc) is 3.11. The van der Waals surface area contributed by atoms with Crippen LogP contribution in [0, 0.1) is 0 Å². The second kappa shape index (κ2) is 8.23. The molecule has 132 valence electrons. The van der Waals surface area contributed by atoms with Gasteiger partial charge in [-0.1, -0.05) is 35.9 Å². The van der Waals surface area contributed by atoms with E-state index >= 15 is 0 Å². The third-order valence-corrected chi connectivity index (χ3v) is 4.57. The lowest BCUT2D eigenvalue weighted by molar-refractivity contribution is -0.132. The van der Waals surface area contributed by atoms with E-state index in [9.17, 15) is 4.79 Å². The number of anilines is 1. The lowest BCUT2D eigenvalue weighted by Gasteiger charge is -2.18. The van der Waals surface area contributed by atoms with Gasteiger partial charge in [0.05, 0.1) is 17.3 Å². The molecule has 0 bridgehead atoms. The normalized spacial score (nSPS) is 16.7. The Morgan fingerprint density at radius 1 is 1.24 bits per heavy atom. The van der Waals surface area contributed by atoms with Crippen molar-refractivity contribution < 1.29 is 14.6 Å². The number of carbonyl (C=O) groups is 1. The van der Waals surface area contributed by atoms with Crippen LogP contribution in [-0.4, -0.2) is 41.7 Å². The van der Waals surface area contributed by atoms with Crippen molar-refractivity contribution in [1.82, 2.24) is 4.90 Å². The average molecular weight is 361 g/mol. The second-order valence-corrected chi connectivity index (χ2v) is 6.45. The molecule has 2 N–H and O–H groups in total. The number of amides is 1. The van der Waals surface area contributed by atoms with Crippen LogP contribution < -0.4 is 10.1 Å². The summed E-state index contributed by atoms with van der Waals surface area (Å²) in [6.07, 6.45) is 0.877. The molecule has 1 fully saturated rings. The number of aliphatic hydroxyl groups excluding tert-OH is 1. The highest BCUT2D eigenvalue weighted by atomic mass is 35.5. The number of likely N-dealkylation sites (tertiary alicyclic amines) is 1. The fourth-order valence-corrected chi connectivity index (χ4v) is 3.02. The quantitative estimate of drug-likeness (QED) is 0.831. The van der Waals surface area contributed by atoms with Gasteiger partial charge in [-0.2, -0.15) is 0 Å². The lowest BCUT2D eigenvalue weighted by Crippen LogP contribution is -2.35. The molecule has 0 aromatic heterocycles. The minimum absolute atomic E-state index is 0.00714. The van der Waals surface area contributed by atoms with Gasteiger partial charge in [0, 0.05) is 19.1 Å². The molecule has 0 radical (unpaired) electrons. The number of hydrogen-bond donors (Lipinski definition) is 2. The maximum atomic E-state index is 12.3. The van der Waals surface area contributed by atoms with Crippen LogP contribution in [0.3, 0.4) is 0 Å². The fourth-order valence-electron chi connectivity index (χ4n) is 2.83. The van der Waals surface area contributed by atoms with E-state index in [0.29, 0.717) is 23.9 Å². The molecular formula is C19H21ClN2O3. The highest BCUT2D eigenvalue weighted by Crippen LogP contribution is 2.23. The molecule has 3 rings (SSSR count). The predicted molar refractivity (Wildman–Crippen MR) is 97.9 cm³/mol. The number of rotatable bonds is 6. The molecule has 1 atom stereocenters. The number of halogens is 1. The molecule has 1 heterocycles. The summed E-state index contributed by atoms with van der Waals surface area (Å²) in [5.74, 6) is 0.588. The molecule has 2 aromatic carbocycles. The monoisotopic (exact) mass is 360 g/mol. The zero-order valence-corrected chi connectivity index (χ0v) is 14.6. The summed E-state index contributed by atoms with van der Waals surface area (Å²) < 4.78 is 5.54. The first-order valence-electron chi connectivity index (χ1n) is 8.27. The zero-order valence-electron chi connectivity index (χ0n) is 13.8. The summed E-state index contributed by atoms with van der Waals surface area (Å²) in [5.41, 5.74) is 1.70. The first-order valence-corrected chi connectivity index (χ1v) is 8.65. The smallest absolute Gasteiger partial charge is 0.260 e. The van der Waals surface area contributed by atoms with Gasteiger partial charge in [0.25, 0.3) is 5.91 Å². The minimum Gasteiger partial charge on any atom is -0.484 e. The number of aliphatic hydroxyl groups is 1. The molecule has 25 heavy (non-hydrogen) atoms. The molecule has 0 saturated carbocycles. The van der Waals surface area contributed by atoms with Gasteiger partial charge in [0.15, 0.2) is 6.61 Å². The van der Waals surface area contributed by atoms with E-state index in [0.717, 1.165) is 17.7 Å². The maximum Gasteiger partial charge on any atom is 0.260 e. The van der Waals surface area contributed by atoms with E-state index in [1.807, 2.05) is 24.3 Å². The van der Waals surface area contributed by atoms with Crippen LogP contribution in [0.1, 0.15) is 12.0 Å². The van der Waals surface area contributed by atoms with Gasteiger partial charge in [0.1, 0.15) is 5.75 Å². The van der Waals surface area contributed by atoms with Crippen LogP contribution in [-0.2, 0) is 11.4 Å². The van der Waals surface area contributed by atoms with Gasteiger partial charge in [-0.25, -0.2) is 0 Å². The number of carbonyl (C=O) groups excluding carboxylic acids is 1. The van der Waals surface area contributed by atoms with Crippen molar-refractivity contribution in [2.75, 3.05) is 25.0 Å². The van der Waals surface area contributed by atoms with Crippen LogP contribution in [0.4, 0.5) is 5.69 Å². The predicted octanol–water partition coefficient (Wildman–Crippen LogP) is 2.92. The Labute approximate surface area is 152 Å². The van der Waals surface area contributed by atoms with Gasteiger partial charge in [0.2, 0.25) is 0 Å². The molecule has 1 saturated heterocycles. The summed E-state index contributed by atoms with van der Waals surface area (Å²) >= 11 is 6.16. The Kier molecular flexibility index (Phi) is 5.79. The van der Waals surface area contributed by atoms with Crippen molar-refractivity contribution in [3.63, 3.8) is 0 Å². The number of para-hydroxylation sites is 1. The van der Waals surface area contributed by atoms with Crippen molar-refractivity contribution in [1.29, 1.82) is 0 Å². The fraction of sp³-hybridized carbons (Fsp3) is 0.316. The second-order valence-electron chi connectivity index (χ2n) is 6.04. The number of nitrogens with zero attached hydrogens (tertiary/aromatic N) is 1. The summed E-state index contributed by atoms with van der Waals surface area (Å²) in [7, 11) is 0. The summed E-state index contributed by atoms with van der Waals surface area (Å²) in [6, 6.07) is 14.9. The molecule has 1 aliphatic heterocycles. The van der Waals surface area contributed by atoms with E-state index < -0.39 is 0 Å². The highest BCUT2D eigenvalue weighted by molar-refractivity contribution is 6.33. The van der Waals surface area contributed by atoms with E-state index in [4.69, 9.17) is 21.4 Å². The van der Waals surface area contributed by atoms with Crippen molar-refractivity contribution >= 4 is 23.2 Å². The third-order valence-electron chi connectivity index (χ3n) is 4.24. The van der Waals surface area contributed by atoms with E-state index in [1.165, 1.54) is 0 Å². The molecule has 0 aliphatic carbocycles. The summed E-state index contributed by atoms with van der Waals surface area (Å²) in [4.78, 5) is 14.1. The van der Waals surface area contributed by atoms with E-state index in [-0.39, 0.29) is 25.2 Å². The summed E-state index contributed by atoms with van der Waals surface area (Å²) in [5, 5.41) is 13.1. The molecule has 1 unspecified atom stereocenters. The Morgan fingerprint density at radius 3 is 2.72 bits per heavy atom. The summed E-state index contributed by atoms with van der Waals surface area (Å²) in [6.45, 7) is 1.34. The topological polar surface area (TPSA) is 61.8 Å². The Morgan fingerprint density at radius 2 is 2.00 bits per heavy atom. The molecule has 1 amide bonds. The number of ether oxygens (including phenoxy) is 1. The van der Waals surface area contributed by atoms with Crippen molar-refractivity contribution in [2.45, 2.75) is 19.1 Å². The van der Waals surface area contributed by atoms with E-state index in [1.54, 1.807) is 29.2 Å². The molecule has 1 aliphatic rings. The van der Waals surface area contributed by atoms with Crippen LogP contribution in [0.5, 0.6) is 5.75 Å². The van der Waals surface area contributed by atoms with Crippen LogP contribution in [0.2, 0.25) is 5.02 Å². The molecule has 5 nitrogen and oxygen atoms in total. The van der Waals surface area contributed by atoms with Gasteiger partial charge < -0.3 is 20.1 Å². The van der Waals surface area contributed by atoms with Gasteiger partial charge >= 0.3 is 0 Å². The van der Waals surface area contributed by atoms with Gasteiger partial charge in [-0.15, -0.1) is 0 Å². The van der Waals surface area contributed by atoms with Crippen LogP contribution >= 0.6 is 11.6 Å². The van der Waals surface area contributed by atoms with Crippen LogP contribution in [0.25, 0.3) is 0 Å². The van der Waals surface area contributed by atoms with Gasteiger partial charge in [-0.05, 0) is 36.2 Å². The van der Waals surface area contributed by atoms with Crippen molar-refractivity contribution in [3.8, 4) is 5.75 Å². The molecule has 2 aromatic rings. The number of hydrogen-bond acceptors (Lipinski definition) is 4. The van der Waals surface area contributed by atoms with E-state index in [2.05, 4.69) is 5.32 Å². The zero-order chi connectivity index (χ0) is 17.6. The molecular weight excluding hydrogens is 340 g/mol. The lowest BCUT2D eigenvalue weighted by atomic mass is 10.2. The first-order chi connectivity index (χ1) is 12.2. The van der Waals surface area contributed by atoms with Crippen molar-refractivity contribution in [2.24, 2.45) is 0 Å². The van der Waals surface area contributed by atoms with Crippen LogP contribution in [0.15, 0.2) is 48.5 Å². The third kappa shape index (κ3) is 4.65. The highest BCUT2D eigenvalue weighted by Gasteiger charge is 2.26. The standard InChI is InChI=1S/C19H21ClN2O3/c20-17-3-1-2-4-18(17)21-15-9-10-22(11-15)19(24)13-25-16-7-5-14(12-23)6-8-16/h1-8,15,21,23H,9-13H2.